The van der Waals surface area contributed by atoms with Gasteiger partial charge < -0.3 is 15.4 Å². The van der Waals surface area contributed by atoms with Gasteiger partial charge in [-0.3, -0.25) is 19.2 Å². The van der Waals surface area contributed by atoms with Crippen molar-refractivity contribution < 1.29 is 19.1 Å². The Morgan fingerprint density at radius 1 is 1.03 bits per heavy atom. The van der Waals surface area contributed by atoms with E-state index in [9.17, 15) is 19.2 Å². The highest BCUT2D eigenvalue weighted by molar-refractivity contribution is 6.11. The van der Waals surface area contributed by atoms with Gasteiger partial charge in [0.05, 0.1) is 18.9 Å². The van der Waals surface area contributed by atoms with Crippen LogP contribution in [0.4, 0.5) is 5.69 Å². The van der Waals surface area contributed by atoms with E-state index in [1.54, 1.807) is 48.5 Å². The van der Waals surface area contributed by atoms with Crippen LogP contribution in [-0.2, 0) is 27.3 Å². The fourth-order valence-corrected chi connectivity index (χ4v) is 3.26. The fraction of sp³-hybridized carbons (Fsp3) is 0.292. The normalized spacial score (nSPS) is 10.8. The van der Waals surface area contributed by atoms with Gasteiger partial charge in [0.1, 0.15) is 6.54 Å². The molecule has 9 heteroatoms. The number of anilines is 1. The van der Waals surface area contributed by atoms with Crippen molar-refractivity contribution in [3.8, 4) is 0 Å². The highest BCUT2D eigenvalue weighted by Crippen LogP contribution is 2.17. The van der Waals surface area contributed by atoms with Gasteiger partial charge in [0.15, 0.2) is 5.69 Å². The predicted octanol–water partition coefficient (Wildman–Crippen LogP) is 2.14. The van der Waals surface area contributed by atoms with Gasteiger partial charge >= 0.3 is 5.97 Å². The maximum atomic E-state index is 13.0. The van der Waals surface area contributed by atoms with E-state index >= 15 is 0 Å². The molecule has 0 aliphatic heterocycles. The number of methoxy groups -OCH3 is 1. The molecule has 33 heavy (non-hydrogen) atoms. The average Bonchev–Trinajstić information content (AvgIpc) is 2.80. The standard InChI is InChI=1S/C24H26N4O5/c1-15(2)14-28-24(32)19-7-5-4-6-18(19)22(27-28)23(31)26-17-10-8-16(9-11-17)12-20(29)25-13-21(30)33-3/h4-11,15H,12-14H2,1-3H3,(H,25,29)(H,26,31). The quantitative estimate of drug-likeness (QED) is 0.508. The van der Waals surface area contributed by atoms with Crippen molar-refractivity contribution in [2.45, 2.75) is 26.8 Å². The third kappa shape index (κ3) is 6.03. The number of nitrogens with one attached hydrogen (secondary N) is 2. The zero-order chi connectivity index (χ0) is 24.0. The first-order chi connectivity index (χ1) is 15.8. The molecule has 0 saturated heterocycles. The summed E-state index contributed by atoms with van der Waals surface area (Å²) in [6.07, 6.45) is 0.0809. The molecule has 1 aromatic heterocycles. The van der Waals surface area contributed by atoms with Gasteiger partial charge in [-0.05, 0) is 29.7 Å². The van der Waals surface area contributed by atoms with Gasteiger partial charge in [-0.2, -0.15) is 5.10 Å². The topological polar surface area (TPSA) is 119 Å². The fourth-order valence-electron chi connectivity index (χ4n) is 3.26. The largest absolute Gasteiger partial charge is 0.468 e. The van der Waals surface area contributed by atoms with E-state index in [0.29, 0.717) is 28.6 Å². The van der Waals surface area contributed by atoms with E-state index in [-0.39, 0.29) is 36.0 Å². The van der Waals surface area contributed by atoms with E-state index in [0.717, 1.165) is 0 Å². The Labute approximate surface area is 190 Å². The van der Waals surface area contributed by atoms with Gasteiger partial charge in [-0.25, -0.2) is 4.68 Å². The molecule has 0 radical (unpaired) electrons. The highest BCUT2D eigenvalue weighted by atomic mass is 16.5. The first-order valence-corrected chi connectivity index (χ1v) is 10.5. The Balaban J connectivity index is 1.76. The number of rotatable bonds is 8. The molecule has 2 aromatic carbocycles. The highest BCUT2D eigenvalue weighted by Gasteiger charge is 2.17. The smallest absolute Gasteiger partial charge is 0.325 e. The second-order valence-electron chi connectivity index (χ2n) is 7.96. The van der Waals surface area contributed by atoms with Crippen LogP contribution in [0.3, 0.4) is 0 Å². The molecular formula is C24H26N4O5. The van der Waals surface area contributed by atoms with Crippen LogP contribution >= 0.6 is 0 Å². The lowest BCUT2D eigenvalue weighted by atomic mass is 10.1. The number of ether oxygens (including phenoxy) is 1. The van der Waals surface area contributed by atoms with Crippen molar-refractivity contribution in [3.05, 3.63) is 70.1 Å². The molecule has 2 N–H and O–H groups in total. The number of carbonyl (C=O) groups excluding carboxylic acids is 3. The summed E-state index contributed by atoms with van der Waals surface area (Å²) in [4.78, 5) is 48.8. The minimum atomic E-state index is -0.526. The number of carbonyl (C=O) groups is 3. The molecule has 3 aromatic rings. The van der Waals surface area contributed by atoms with Gasteiger partial charge in [-0.15, -0.1) is 0 Å². The zero-order valence-electron chi connectivity index (χ0n) is 18.8. The van der Waals surface area contributed by atoms with Crippen LogP contribution in [-0.4, -0.2) is 41.2 Å². The molecule has 0 aliphatic carbocycles. The third-order valence-corrected chi connectivity index (χ3v) is 4.85. The summed E-state index contributed by atoms with van der Waals surface area (Å²) in [5.41, 5.74) is 1.17. The third-order valence-electron chi connectivity index (χ3n) is 4.85. The summed E-state index contributed by atoms with van der Waals surface area (Å²) in [5, 5.41) is 10.5. The summed E-state index contributed by atoms with van der Waals surface area (Å²) < 4.78 is 5.81. The zero-order valence-corrected chi connectivity index (χ0v) is 18.8. The minimum absolute atomic E-state index is 0.0809. The number of esters is 1. The maximum Gasteiger partial charge on any atom is 0.325 e. The van der Waals surface area contributed by atoms with E-state index in [1.807, 2.05) is 13.8 Å². The van der Waals surface area contributed by atoms with E-state index < -0.39 is 11.9 Å². The average molecular weight is 450 g/mol. The van der Waals surface area contributed by atoms with Crippen molar-refractivity contribution in [2.75, 3.05) is 19.0 Å². The maximum absolute atomic E-state index is 13.0. The lowest BCUT2D eigenvalue weighted by Crippen LogP contribution is -2.31. The Morgan fingerprint density at radius 2 is 1.70 bits per heavy atom. The number of fused-ring (bicyclic) bond motifs is 1. The number of nitrogens with zero attached hydrogens (tertiary/aromatic N) is 2. The number of amides is 2. The van der Waals surface area contributed by atoms with E-state index in [4.69, 9.17) is 0 Å². The number of benzene rings is 2. The van der Waals surface area contributed by atoms with E-state index in [1.165, 1.54) is 11.8 Å². The first kappa shape index (κ1) is 23.6. The van der Waals surface area contributed by atoms with Crippen LogP contribution in [0, 0.1) is 5.92 Å². The molecule has 9 nitrogen and oxygen atoms in total. The summed E-state index contributed by atoms with van der Waals surface area (Å²) in [6, 6.07) is 13.7. The molecule has 0 spiro atoms. The van der Waals surface area contributed by atoms with Crippen molar-refractivity contribution >= 4 is 34.2 Å². The van der Waals surface area contributed by atoms with Crippen molar-refractivity contribution in [2.24, 2.45) is 5.92 Å². The second kappa shape index (κ2) is 10.5. The van der Waals surface area contributed by atoms with Gasteiger partial charge in [0.2, 0.25) is 5.91 Å². The minimum Gasteiger partial charge on any atom is -0.468 e. The SMILES string of the molecule is COC(=O)CNC(=O)Cc1ccc(NC(=O)c2nn(CC(C)C)c(=O)c3ccccc23)cc1. The lowest BCUT2D eigenvalue weighted by Gasteiger charge is -2.13. The van der Waals surface area contributed by atoms with Crippen molar-refractivity contribution in [3.63, 3.8) is 0 Å². The number of hydrogen-bond acceptors (Lipinski definition) is 6. The van der Waals surface area contributed by atoms with Crippen LogP contribution in [0.2, 0.25) is 0 Å². The van der Waals surface area contributed by atoms with Crippen LogP contribution in [0.15, 0.2) is 53.3 Å². The molecule has 0 saturated carbocycles. The summed E-state index contributed by atoms with van der Waals surface area (Å²) in [6.45, 7) is 4.15. The van der Waals surface area contributed by atoms with Crippen LogP contribution in [0.5, 0.6) is 0 Å². The van der Waals surface area contributed by atoms with Gasteiger partial charge in [0, 0.05) is 17.6 Å². The first-order valence-electron chi connectivity index (χ1n) is 10.5. The Kier molecular flexibility index (Phi) is 7.55. The molecule has 172 valence electrons. The Bertz CT molecular complexity index is 1230. The lowest BCUT2D eigenvalue weighted by molar-refractivity contribution is -0.141. The van der Waals surface area contributed by atoms with Crippen molar-refractivity contribution in [1.82, 2.24) is 15.1 Å². The van der Waals surface area contributed by atoms with E-state index in [2.05, 4.69) is 20.5 Å². The summed E-state index contributed by atoms with van der Waals surface area (Å²) in [7, 11) is 1.25. The summed E-state index contributed by atoms with van der Waals surface area (Å²) in [5.74, 6) is -1.10. The summed E-state index contributed by atoms with van der Waals surface area (Å²) >= 11 is 0. The molecule has 0 aliphatic rings. The van der Waals surface area contributed by atoms with Crippen LogP contribution in [0.1, 0.15) is 29.9 Å². The van der Waals surface area contributed by atoms with Crippen LogP contribution < -0.4 is 16.2 Å². The number of aromatic nitrogens is 2. The molecule has 3 rings (SSSR count). The molecule has 0 unspecified atom stereocenters. The number of hydrogen-bond donors (Lipinski definition) is 2. The van der Waals surface area contributed by atoms with Crippen molar-refractivity contribution in [1.29, 1.82) is 0 Å². The second-order valence-corrected chi connectivity index (χ2v) is 7.96. The molecule has 0 fully saturated rings. The van der Waals surface area contributed by atoms with Crippen LogP contribution in [0.25, 0.3) is 10.8 Å². The molecular weight excluding hydrogens is 424 g/mol. The van der Waals surface area contributed by atoms with Gasteiger partial charge in [0.25, 0.3) is 11.5 Å². The molecule has 1 heterocycles. The molecule has 0 atom stereocenters. The molecule has 2 amide bonds. The predicted molar refractivity (Wildman–Crippen MR) is 124 cm³/mol. The monoisotopic (exact) mass is 450 g/mol. The Morgan fingerprint density at radius 3 is 2.33 bits per heavy atom. The van der Waals surface area contributed by atoms with Gasteiger partial charge in [-0.1, -0.05) is 44.2 Å². The molecule has 0 bridgehead atoms. The Hall–Kier alpha value is -4.01.